The van der Waals surface area contributed by atoms with Crippen molar-refractivity contribution in [2.24, 2.45) is 23.2 Å². The molecule has 1 amide bonds. The predicted octanol–water partition coefficient (Wildman–Crippen LogP) is 4.41. The number of hydrogen-bond donors (Lipinski definition) is 2. The number of carbonyl (C=O) groups is 2. The normalized spacial score (nSPS) is 33.5. The molecule has 2 atom stereocenters. The first kappa shape index (κ1) is 18.7. The van der Waals surface area contributed by atoms with Crippen molar-refractivity contribution in [3.05, 3.63) is 29.8 Å². The number of hydrogen-bond acceptors (Lipinski definition) is 3. The maximum atomic E-state index is 12.7. The predicted molar refractivity (Wildman–Crippen MR) is 108 cm³/mol. The number of Topliss-reactive ketones (excluding diaryl/α,β-unsaturated/α-hetero) is 1. The molecule has 4 saturated carbocycles. The van der Waals surface area contributed by atoms with Crippen molar-refractivity contribution in [2.45, 2.75) is 71.4 Å². The minimum Gasteiger partial charge on any atom is -0.325 e. The molecule has 0 spiro atoms. The molecule has 4 aliphatic rings. The lowest BCUT2D eigenvalue weighted by molar-refractivity contribution is -0.119. The molecule has 4 nitrogen and oxygen atoms in total. The van der Waals surface area contributed by atoms with E-state index in [4.69, 9.17) is 0 Å². The summed E-state index contributed by atoms with van der Waals surface area (Å²) < 4.78 is 0. The van der Waals surface area contributed by atoms with Gasteiger partial charge < -0.3 is 10.6 Å². The van der Waals surface area contributed by atoms with Crippen molar-refractivity contribution in [2.75, 3.05) is 5.32 Å². The second-order valence-electron chi connectivity index (χ2n) is 9.51. The molecular formula is C23H32N2O2. The van der Waals surface area contributed by atoms with Crippen LogP contribution in [0.15, 0.2) is 24.3 Å². The van der Waals surface area contributed by atoms with Crippen molar-refractivity contribution < 1.29 is 9.59 Å². The summed E-state index contributed by atoms with van der Waals surface area (Å²) in [4.78, 5) is 24.0. The number of rotatable bonds is 6. The minimum atomic E-state index is -0.236. The summed E-state index contributed by atoms with van der Waals surface area (Å²) in [5.74, 6) is 2.78. The molecule has 5 rings (SSSR count). The van der Waals surface area contributed by atoms with Crippen molar-refractivity contribution in [1.82, 2.24) is 5.32 Å². The first-order chi connectivity index (χ1) is 12.8. The Kier molecular flexibility index (Phi) is 4.87. The van der Waals surface area contributed by atoms with Crippen LogP contribution in [0.3, 0.4) is 0 Å². The maximum Gasteiger partial charge on any atom is 0.241 e. The van der Waals surface area contributed by atoms with E-state index in [1.165, 1.54) is 38.5 Å². The highest BCUT2D eigenvalue weighted by molar-refractivity contribution is 5.96. The van der Waals surface area contributed by atoms with Gasteiger partial charge in [-0.2, -0.15) is 0 Å². The van der Waals surface area contributed by atoms with E-state index in [1.54, 1.807) is 31.2 Å². The largest absolute Gasteiger partial charge is 0.325 e. The van der Waals surface area contributed by atoms with E-state index in [0.717, 1.165) is 23.4 Å². The number of nitrogens with one attached hydrogen (secondary N) is 2. The maximum absolute atomic E-state index is 12.7. The van der Waals surface area contributed by atoms with Gasteiger partial charge in [-0.1, -0.05) is 0 Å². The highest BCUT2D eigenvalue weighted by atomic mass is 16.2. The van der Waals surface area contributed by atoms with Gasteiger partial charge in [-0.25, -0.2) is 0 Å². The molecule has 27 heavy (non-hydrogen) atoms. The summed E-state index contributed by atoms with van der Waals surface area (Å²) in [6.45, 7) is 5.79. The number of amides is 1. The zero-order chi connectivity index (χ0) is 19.2. The molecule has 0 heterocycles. The van der Waals surface area contributed by atoms with E-state index in [1.807, 2.05) is 6.92 Å². The van der Waals surface area contributed by atoms with Crippen LogP contribution in [0.5, 0.6) is 0 Å². The van der Waals surface area contributed by atoms with Crippen LogP contribution >= 0.6 is 0 Å². The molecule has 1 aromatic carbocycles. The van der Waals surface area contributed by atoms with Crippen LogP contribution in [0.2, 0.25) is 0 Å². The Morgan fingerprint density at radius 1 is 0.963 bits per heavy atom. The summed E-state index contributed by atoms with van der Waals surface area (Å²) in [7, 11) is 0. The molecule has 0 radical (unpaired) electrons. The molecule has 1 aromatic rings. The topological polar surface area (TPSA) is 58.2 Å². The van der Waals surface area contributed by atoms with Gasteiger partial charge in [0.05, 0.1) is 6.04 Å². The first-order valence-electron chi connectivity index (χ1n) is 10.5. The number of benzene rings is 1. The van der Waals surface area contributed by atoms with Gasteiger partial charge in [-0.3, -0.25) is 9.59 Å². The van der Waals surface area contributed by atoms with Gasteiger partial charge in [0, 0.05) is 17.3 Å². The van der Waals surface area contributed by atoms with Gasteiger partial charge in [-0.15, -0.1) is 0 Å². The summed E-state index contributed by atoms with van der Waals surface area (Å²) in [6.07, 6.45) is 8.35. The Labute approximate surface area is 162 Å². The summed E-state index contributed by atoms with van der Waals surface area (Å²) >= 11 is 0. The second-order valence-corrected chi connectivity index (χ2v) is 9.51. The van der Waals surface area contributed by atoms with Crippen molar-refractivity contribution in [3.63, 3.8) is 0 Å². The Balaban J connectivity index is 1.36. The third kappa shape index (κ3) is 3.69. The third-order valence-electron chi connectivity index (χ3n) is 7.46. The fourth-order valence-corrected chi connectivity index (χ4v) is 6.37. The van der Waals surface area contributed by atoms with E-state index < -0.39 is 0 Å². The Morgan fingerprint density at radius 2 is 1.48 bits per heavy atom. The van der Waals surface area contributed by atoms with E-state index in [9.17, 15) is 9.59 Å². The molecule has 0 aliphatic heterocycles. The summed E-state index contributed by atoms with van der Waals surface area (Å²) in [5.41, 5.74) is 1.79. The van der Waals surface area contributed by atoms with E-state index in [-0.39, 0.29) is 17.7 Å². The second kappa shape index (κ2) is 7.05. The van der Waals surface area contributed by atoms with Gasteiger partial charge in [-0.05, 0) is 107 Å². The van der Waals surface area contributed by atoms with Gasteiger partial charge in [0.25, 0.3) is 0 Å². The van der Waals surface area contributed by atoms with Crippen molar-refractivity contribution >= 4 is 17.4 Å². The highest BCUT2D eigenvalue weighted by Gasteiger charge is 2.53. The van der Waals surface area contributed by atoms with Crippen LogP contribution in [0.25, 0.3) is 0 Å². The summed E-state index contributed by atoms with van der Waals surface area (Å²) in [6, 6.07) is 7.24. The Hall–Kier alpha value is -1.68. The van der Waals surface area contributed by atoms with Crippen LogP contribution in [-0.4, -0.2) is 23.8 Å². The lowest BCUT2D eigenvalue weighted by Gasteiger charge is -2.59. The smallest absolute Gasteiger partial charge is 0.241 e. The monoisotopic (exact) mass is 368 g/mol. The van der Waals surface area contributed by atoms with Gasteiger partial charge in [0.1, 0.15) is 0 Å². The lowest BCUT2D eigenvalue weighted by atomic mass is 9.48. The van der Waals surface area contributed by atoms with Gasteiger partial charge in [0.15, 0.2) is 5.78 Å². The molecule has 0 aromatic heterocycles. The molecule has 0 unspecified atom stereocenters. The molecule has 4 fully saturated rings. The highest BCUT2D eigenvalue weighted by Crippen LogP contribution is 2.61. The van der Waals surface area contributed by atoms with E-state index in [2.05, 4.69) is 17.6 Å². The van der Waals surface area contributed by atoms with Crippen LogP contribution in [0, 0.1) is 23.2 Å². The minimum absolute atomic E-state index is 0.0119. The van der Waals surface area contributed by atoms with Crippen LogP contribution < -0.4 is 10.6 Å². The number of ketones is 1. The van der Waals surface area contributed by atoms with Crippen LogP contribution in [0.4, 0.5) is 5.69 Å². The SMILES string of the molecule is CC(=O)c1ccc(NC(=O)[C@H](C)N[C@@H](C)C23CC4CC(CC(C4)C2)C3)cc1. The fourth-order valence-electron chi connectivity index (χ4n) is 6.37. The van der Waals surface area contributed by atoms with E-state index in [0.29, 0.717) is 17.0 Å². The molecular weight excluding hydrogens is 336 g/mol. The lowest BCUT2D eigenvalue weighted by Crippen LogP contribution is -2.57. The molecule has 4 aliphatic carbocycles. The average molecular weight is 369 g/mol. The fraction of sp³-hybridized carbons (Fsp3) is 0.652. The van der Waals surface area contributed by atoms with E-state index >= 15 is 0 Å². The molecule has 4 bridgehead atoms. The summed E-state index contributed by atoms with van der Waals surface area (Å²) in [5, 5.41) is 6.59. The van der Waals surface area contributed by atoms with Gasteiger partial charge >= 0.3 is 0 Å². The Morgan fingerprint density at radius 3 is 1.96 bits per heavy atom. The quantitative estimate of drug-likeness (QED) is 0.731. The average Bonchev–Trinajstić information content (AvgIpc) is 2.60. The van der Waals surface area contributed by atoms with Crippen LogP contribution in [0.1, 0.15) is 69.7 Å². The zero-order valence-electron chi connectivity index (χ0n) is 16.8. The van der Waals surface area contributed by atoms with Crippen molar-refractivity contribution in [3.8, 4) is 0 Å². The number of carbonyl (C=O) groups excluding carboxylic acids is 2. The third-order valence-corrected chi connectivity index (χ3v) is 7.46. The van der Waals surface area contributed by atoms with Gasteiger partial charge in [0.2, 0.25) is 5.91 Å². The molecule has 2 N–H and O–H groups in total. The molecule has 0 saturated heterocycles. The van der Waals surface area contributed by atoms with Crippen LogP contribution in [-0.2, 0) is 4.79 Å². The first-order valence-corrected chi connectivity index (χ1v) is 10.5. The molecule has 146 valence electrons. The van der Waals surface area contributed by atoms with Crippen molar-refractivity contribution in [1.29, 1.82) is 0 Å². The Bertz CT molecular complexity index is 689. The molecule has 4 heteroatoms. The standard InChI is InChI=1S/C23H32N2O2/c1-14(22(27)25-21-6-4-20(5-7-21)15(2)26)24-16(3)23-11-17-8-18(12-23)10-19(9-17)13-23/h4-7,14,16-19,24H,8-13H2,1-3H3,(H,25,27)/t14-,16-,17?,18?,19?,23?/m0/s1. The number of anilines is 1. The zero-order valence-corrected chi connectivity index (χ0v) is 16.8.